The van der Waals surface area contributed by atoms with Gasteiger partial charge in [0.25, 0.3) is 5.69 Å². The number of alkyl halides is 3. The topological polar surface area (TPSA) is 69.4 Å². The summed E-state index contributed by atoms with van der Waals surface area (Å²) in [7, 11) is 0. The zero-order chi connectivity index (χ0) is 15.3. The monoisotopic (exact) mass is 289 g/mol. The van der Waals surface area contributed by atoms with Crippen molar-refractivity contribution in [2.24, 2.45) is 0 Å². The predicted molar refractivity (Wildman–Crippen MR) is 63.8 cm³/mol. The molecule has 5 nitrogen and oxygen atoms in total. The van der Waals surface area contributed by atoms with Crippen molar-refractivity contribution in [3.05, 3.63) is 45.5 Å². The quantitative estimate of drug-likeness (QED) is 0.369. The molecular weight excluding hydrogens is 279 g/mol. The highest BCUT2D eigenvalue weighted by Gasteiger charge is 2.32. The Morgan fingerprint density at radius 2 is 2.10 bits per heavy atom. The first-order valence-electron chi connectivity index (χ1n) is 5.46. The van der Waals surface area contributed by atoms with Gasteiger partial charge in [0, 0.05) is 12.1 Å². The number of rotatable bonds is 4. The molecule has 8 heteroatoms. The predicted octanol–water partition coefficient (Wildman–Crippen LogP) is 3.19. The normalized spacial score (nSPS) is 11.6. The van der Waals surface area contributed by atoms with Crippen LogP contribution >= 0.6 is 0 Å². The molecule has 0 aliphatic rings. The molecule has 0 fully saturated rings. The molecule has 0 heterocycles. The Bertz CT molecular complexity index is 552. The second-order valence-corrected chi connectivity index (χ2v) is 3.61. The van der Waals surface area contributed by atoms with Gasteiger partial charge in [-0.1, -0.05) is 0 Å². The maximum Gasteiger partial charge on any atom is 0.416 e. The van der Waals surface area contributed by atoms with Crippen LogP contribution in [0.25, 0.3) is 6.08 Å². The summed E-state index contributed by atoms with van der Waals surface area (Å²) in [6.45, 7) is 1.70. The number of halogens is 3. The molecule has 0 spiro atoms. The summed E-state index contributed by atoms with van der Waals surface area (Å²) in [4.78, 5) is 20.9. The Balaban J connectivity index is 3.15. The van der Waals surface area contributed by atoms with E-state index in [-0.39, 0.29) is 12.2 Å². The van der Waals surface area contributed by atoms with Gasteiger partial charge in [-0.05, 0) is 25.1 Å². The lowest BCUT2D eigenvalue weighted by Crippen LogP contribution is -2.06. The molecule has 0 amide bonds. The van der Waals surface area contributed by atoms with E-state index in [9.17, 15) is 28.1 Å². The maximum atomic E-state index is 12.5. The minimum Gasteiger partial charge on any atom is -0.463 e. The van der Waals surface area contributed by atoms with Crippen LogP contribution in [-0.4, -0.2) is 17.5 Å². The molecule has 0 saturated heterocycles. The smallest absolute Gasteiger partial charge is 0.416 e. The Morgan fingerprint density at radius 3 is 2.60 bits per heavy atom. The molecule has 0 atom stereocenters. The van der Waals surface area contributed by atoms with Crippen LogP contribution in [0.3, 0.4) is 0 Å². The largest absolute Gasteiger partial charge is 0.463 e. The van der Waals surface area contributed by atoms with Crippen LogP contribution in [0.5, 0.6) is 0 Å². The fourth-order valence-electron chi connectivity index (χ4n) is 1.37. The fraction of sp³-hybridized carbons (Fsp3) is 0.250. The van der Waals surface area contributed by atoms with Gasteiger partial charge in [0.1, 0.15) is 0 Å². The molecule has 0 aliphatic carbocycles. The summed E-state index contributed by atoms with van der Waals surface area (Å²) < 4.78 is 42.0. The number of nitro benzene ring substituents is 1. The van der Waals surface area contributed by atoms with Crippen LogP contribution in [0.15, 0.2) is 24.3 Å². The highest BCUT2D eigenvalue weighted by Crippen LogP contribution is 2.33. The SMILES string of the molecule is CCOC(=O)/C=C/c1ccc(C(F)(F)F)cc1[N+](=O)[O-]. The van der Waals surface area contributed by atoms with E-state index in [4.69, 9.17) is 0 Å². The van der Waals surface area contributed by atoms with E-state index in [0.717, 1.165) is 18.2 Å². The Hall–Kier alpha value is -2.38. The number of nitro groups is 1. The number of benzene rings is 1. The van der Waals surface area contributed by atoms with Gasteiger partial charge in [-0.15, -0.1) is 0 Å². The van der Waals surface area contributed by atoms with Crippen molar-refractivity contribution < 1.29 is 27.6 Å². The standard InChI is InChI=1S/C12H10F3NO4/c1-2-20-11(17)6-4-8-3-5-9(12(13,14)15)7-10(8)16(18)19/h3-7H,2H2,1H3/b6-4+. The molecule has 0 aromatic heterocycles. The third kappa shape index (κ3) is 4.08. The number of nitrogens with zero attached hydrogens (tertiary/aromatic N) is 1. The minimum absolute atomic E-state index is 0.115. The zero-order valence-corrected chi connectivity index (χ0v) is 10.3. The fourth-order valence-corrected chi connectivity index (χ4v) is 1.37. The minimum atomic E-state index is -4.67. The highest BCUT2D eigenvalue weighted by atomic mass is 19.4. The van der Waals surface area contributed by atoms with E-state index in [2.05, 4.69) is 4.74 Å². The van der Waals surface area contributed by atoms with Crippen molar-refractivity contribution >= 4 is 17.7 Å². The number of ether oxygens (including phenoxy) is 1. The second kappa shape index (κ2) is 6.18. The van der Waals surface area contributed by atoms with Crippen molar-refractivity contribution in [1.29, 1.82) is 0 Å². The lowest BCUT2D eigenvalue weighted by molar-refractivity contribution is -0.385. The maximum absolute atomic E-state index is 12.5. The molecule has 0 aliphatic heterocycles. The molecule has 1 aromatic carbocycles. The average molecular weight is 289 g/mol. The molecule has 0 radical (unpaired) electrons. The third-order valence-electron chi connectivity index (χ3n) is 2.24. The first-order valence-corrected chi connectivity index (χ1v) is 5.46. The van der Waals surface area contributed by atoms with E-state index in [1.165, 1.54) is 0 Å². The lowest BCUT2D eigenvalue weighted by Gasteiger charge is -2.07. The summed E-state index contributed by atoms with van der Waals surface area (Å²) in [5.74, 6) is -0.735. The number of hydrogen-bond donors (Lipinski definition) is 0. The first-order chi connectivity index (χ1) is 9.25. The van der Waals surface area contributed by atoms with Crippen molar-refractivity contribution in [2.45, 2.75) is 13.1 Å². The molecule has 0 bridgehead atoms. The second-order valence-electron chi connectivity index (χ2n) is 3.61. The van der Waals surface area contributed by atoms with Crippen molar-refractivity contribution in [2.75, 3.05) is 6.61 Å². The van der Waals surface area contributed by atoms with Gasteiger partial charge in [-0.3, -0.25) is 10.1 Å². The van der Waals surface area contributed by atoms with Crippen LogP contribution in [0.1, 0.15) is 18.1 Å². The van der Waals surface area contributed by atoms with E-state index in [1.54, 1.807) is 6.92 Å². The molecule has 0 N–H and O–H groups in total. The molecule has 20 heavy (non-hydrogen) atoms. The molecule has 0 saturated carbocycles. The van der Waals surface area contributed by atoms with Crippen LogP contribution in [0.2, 0.25) is 0 Å². The number of esters is 1. The summed E-state index contributed by atoms with van der Waals surface area (Å²) in [5.41, 5.74) is -1.98. The van der Waals surface area contributed by atoms with E-state index < -0.39 is 28.3 Å². The lowest BCUT2D eigenvalue weighted by atomic mass is 10.1. The summed E-state index contributed by atoms with van der Waals surface area (Å²) >= 11 is 0. The van der Waals surface area contributed by atoms with Gasteiger partial charge < -0.3 is 4.74 Å². The molecule has 1 aromatic rings. The van der Waals surface area contributed by atoms with Crippen molar-refractivity contribution in [3.63, 3.8) is 0 Å². The number of hydrogen-bond acceptors (Lipinski definition) is 4. The van der Waals surface area contributed by atoms with Gasteiger partial charge in [-0.25, -0.2) is 4.79 Å². The zero-order valence-electron chi connectivity index (χ0n) is 10.3. The number of carbonyl (C=O) groups excluding carboxylic acids is 1. The molecular formula is C12H10F3NO4. The number of carbonyl (C=O) groups is 1. The van der Waals surface area contributed by atoms with Crippen LogP contribution in [-0.2, 0) is 15.7 Å². The van der Waals surface area contributed by atoms with Crippen molar-refractivity contribution in [1.82, 2.24) is 0 Å². The summed E-state index contributed by atoms with van der Waals surface area (Å²) in [5, 5.41) is 10.8. The molecule has 108 valence electrons. The van der Waals surface area contributed by atoms with Gasteiger partial charge in [0.2, 0.25) is 0 Å². The van der Waals surface area contributed by atoms with Gasteiger partial charge >= 0.3 is 12.1 Å². The van der Waals surface area contributed by atoms with Gasteiger partial charge in [0.15, 0.2) is 0 Å². The van der Waals surface area contributed by atoms with Crippen LogP contribution in [0.4, 0.5) is 18.9 Å². The van der Waals surface area contributed by atoms with Crippen LogP contribution in [0, 0.1) is 10.1 Å². The van der Waals surface area contributed by atoms with E-state index in [1.807, 2.05) is 0 Å². The highest BCUT2D eigenvalue weighted by molar-refractivity contribution is 5.87. The Morgan fingerprint density at radius 1 is 1.45 bits per heavy atom. The van der Waals surface area contributed by atoms with E-state index >= 15 is 0 Å². The summed E-state index contributed by atoms with van der Waals surface area (Å²) in [6, 6.07) is 2.05. The molecule has 1 rings (SSSR count). The molecule has 0 unspecified atom stereocenters. The van der Waals surface area contributed by atoms with Crippen molar-refractivity contribution in [3.8, 4) is 0 Å². The first kappa shape index (κ1) is 15.7. The van der Waals surface area contributed by atoms with Gasteiger partial charge in [-0.2, -0.15) is 13.2 Å². The summed E-state index contributed by atoms with van der Waals surface area (Å²) in [6.07, 6.45) is -2.72. The average Bonchev–Trinajstić information content (AvgIpc) is 2.35. The van der Waals surface area contributed by atoms with E-state index in [0.29, 0.717) is 12.1 Å². The Labute approximate surface area is 111 Å². The van der Waals surface area contributed by atoms with Gasteiger partial charge in [0.05, 0.1) is 22.7 Å². The third-order valence-corrected chi connectivity index (χ3v) is 2.24. The Kier molecular flexibility index (Phi) is 4.84. The van der Waals surface area contributed by atoms with Crippen LogP contribution < -0.4 is 0 Å².